The fourth-order valence-electron chi connectivity index (χ4n) is 3.79. The maximum absolute atomic E-state index is 12.9. The Kier molecular flexibility index (Phi) is 5.65. The van der Waals surface area contributed by atoms with Crippen LogP contribution in [0, 0.1) is 6.92 Å². The van der Waals surface area contributed by atoms with Gasteiger partial charge in [-0.05, 0) is 51.8 Å². The molecule has 7 nitrogen and oxygen atoms in total. The minimum atomic E-state index is -3.55. The molecule has 0 aliphatic carbocycles. The van der Waals surface area contributed by atoms with Crippen molar-refractivity contribution in [1.29, 1.82) is 0 Å². The standard InChI is InChI=1S/C18H25N3O4S2/c1-13-18(11-17(26-13)16-4-7-19-25-16)27(22,23)20-14-5-8-21(9-6-14)12-15-3-2-10-24-15/h4,7,11,14-15,20H,2-3,5-6,8-10,12H2,1H3. The summed E-state index contributed by atoms with van der Waals surface area (Å²) in [5, 5.41) is 3.69. The van der Waals surface area contributed by atoms with Crippen LogP contribution in [0.15, 0.2) is 27.7 Å². The molecular formula is C18H25N3O4S2. The Hall–Kier alpha value is -1.26. The highest BCUT2D eigenvalue weighted by atomic mass is 32.2. The topological polar surface area (TPSA) is 84.7 Å². The van der Waals surface area contributed by atoms with Gasteiger partial charge in [-0.1, -0.05) is 5.16 Å². The first kappa shape index (κ1) is 19.1. The lowest BCUT2D eigenvalue weighted by Gasteiger charge is -2.33. The smallest absolute Gasteiger partial charge is 0.241 e. The summed E-state index contributed by atoms with van der Waals surface area (Å²) in [6, 6.07) is 3.39. The summed E-state index contributed by atoms with van der Waals surface area (Å²) in [6.45, 7) is 5.46. The van der Waals surface area contributed by atoms with Crippen molar-refractivity contribution < 1.29 is 17.7 Å². The number of ether oxygens (including phenoxy) is 1. The van der Waals surface area contributed by atoms with Crippen LogP contribution in [0.5, 0.6) is 0 Å². The van der Waals surface area contributed by atoms with Crippen LogP contribution in [0.3, 0.4) is 0 Å². The lowest BCUT2D eigenvalue weighted by atomic mass is 10.1. The number of aryl methyl sites for hydroxylation is 1. The van der Waals surface area contributed by atoms with Crippen LogP contribution in [0.1, 0.15) is 30.6 Å². The maximum Gasteiger partial charge on any atom is 0.241 e. The molecule has 0 radical (unpaired) electrons. The van der Waals surface area contributed by atoms with E-state index in [0.717, 1.165) is 61.7 Å². The highest BCUT2D eigenvalue weighted by molar-refractivity contribution is 7.89. The molecule has 9 heteroatoms. The number of aromatic nitrogens is 1. The van der Waals surface area contributed by atoms with Gasteiger partial charge in [0.15, 0.2) is 5.76 Å². The van der Waals surface area contributed by atoms with Crippen molar-refractivity contribution in [3.8, 4) is 10.6 Å². The van der Waals surface area contributed by atoms with Gasteiger partial charge in [-0.3, -0.25) is 0 Å². The monoisotopic (exact) mass is 411 g/mol. The fraction of sp³-hybridized carbons (Fsp3) is 0.611. The number of hydrogen-bond donors (Lipinski definition) is 1. The number of rotatable bonds is 6. The van der Waals surface area contributed by atoms with E-state index in [1.807, 2.05) is 6.92 Å². The van der Waals surface area contributed by atoms with Gasteiger partial charge >= 0.3 is 0 Å². The second kappa shape index (κ2) is 8.00. The lowest BCUT2D eigenvalue weighted by molar-refractivity contribution is 0.0639. The molecule has 148 valence electrons. The summed E-state index contributed by atoms with van der Waals surface area (Å²) in [5.74, 6) is 0.590. The molecule has 0 saturated carbocycles. The molecule has 2 aromatic rings. The van der Waals surface area contributed by atoms with Crippen LogP contribution in [-0.2, 0) is 14.8 Å². The van der Waals surface area contributed by atoms with Gasteiger partial charge in [-0.25, -0.2) is 13.1 Å². The molecule has 0 bridgehead atoms. The maximum atomic E-state index is 12.9. The fourth-order valence-corrected chi connectivity index (χ4v) is 6.64. The molecule has 1 unspecified atom stereocenters. The number of likely N-dealkylation sites (tertiary alicyclic amines) is 1. The third-order valence-electron chi connectivity index (χ3n) is 5.24. The van der Waals surface area contributed by atoms with Crippen molar-refractivity contribution in [3.05, 3.63) is 23.2 Å². The Labute approximate surface area is 163 Å². The molecule has 1 N–H and O–H groups in total. The highest BCUT2D eigenvalue weighted by Gasteiger charge is 2.28. The van der Waals surface area contributed by atoms with Crippen LogP contribution in [-0.4, -0.2) is 56.9 Å². The van der Waals surface area contributed by atoms with Crippen LogP contribution in [0.4, 0.5) is 0 Å². The van der Waals surface area contributed by atoms with E-state index in [1.165, 1.54) is 11.3 Å². The Morgan fingerprint density at radius 1 is 1.33 bits per heavy atom. The number of hydrogen-bond acceptors (Lipinski definition) is 7. The van der Waals surface area contributed by atoms with E-state index in [0.29, 0.717) is 16.8 Å². The van der Waals surface area contributed by atoms with E-state index < -0.39 is 10.0 Å². The molecule has 4 heterocycles. The van der Waals surface area contributed by atoms with Crippen molar-refractivity contribution >= 4 is 21.4 Å². The zero-order valence-electron chi connectivity index (χ0n) is 15.4. The summed E-state index contributed by atoms with van der Waals surface area (Å²) < 4.78 is 39.5. The number of piperidine rings is 1. The first-order valence-corrected chi connectivity index (χ1v) is 11.7. The normalized spacial score (nSPS) is 22.5. The molecule has 2 aliphatic rings. The first-order chi connectivity index (χ1) is 13.0. The van der Waals surface area contributed by atoms with Gasteiger partial charge in [0.2, 0.25) is 10.0 Å². The summed E-state index contributed by atoms with van der Waals surface area (Å²) in [4.78, 5) is 4.25. The van der Waals surface area contributed by atoms with Gasteiger partial charge in [-0.15, -0.1) is 11.3 Å². The SMILES string of the molecule is Cc1sc(-c2ccno2)cc1S(=O)(=O)NC1CCN(CC2CCCO2)CC1. The largest absolute Gasteiger partial charge is 0.377 e. The van der Waals surface area contributed by atoms with Gasteiger partial charge in [-0.2, -0.15) is 0 Å². The predicted octanol–water partition coefficient (Wildman–Crippen LogP) is 2.63. The number of thiophene rings is 1. The minimum Gasteiger partial charge on any atom is -0.377 e. The average molecular weight is 412 g/mol. The second-order valence-electron chi connectivity index (χ2n) is 7.24. The van der Waals surface area contributed by atoms with E-state index in [1.54, 1.807) is 18.3 Å². The Morgan fingerprint density at radius 3 is 2.81 bits per heavy atom. The van der Waals surface area contributed by atoms with Crippen molar-refractivity contribution in [2.75, 3.05) is 26.2 Å². The second-order valence-corrected chi connectivity index (χ2v) is 10.2. The molecule has 2 aliphatic heterocycles. The van der Waals surface area contributed by atoms with E-state index in [4.69, 9.17) is 9.26 Å². The molecule has 2 saturated heterocycles. The molecule has 0 aromatic carbocycles. The Bertz CT molecular complexity index is 849. The van der Waals surface area contributed by atoms with Crippen LogP contribution >= 0.6 is 11.3 Å². The van der Waals surface area contributed by atoms with E-state index >= 15 is 0 Å². The van der Waals surface area contributed by atoms with Crippen LogP contribution < -0.4 is 4.72 Å². The molecule has 4 rings (SSSR count). The number of sulfonamides is 1. The lowest BCUT2D eigenvalue weighted by Crippen LogP contribution is -2.46. The minimum absolute atomic E-state index is 0.0243. The van der Waals surface area contributed by atoms with Crippen molar-refractivity contribution in [1.82, 2.24) is 14.8 Å². The van der Waals surface area contributed by atoms with Crippen molar-refractivity contribution in [3.63, 3.8) is 0 Å². The zero-order valence-corrected chi connectivity index (χ0v) is 17.0. The van der Waals surface area contributed by atoms with E-state index in [2.05, 4.69) is 14.8 Å². The molecule has 27 heavy (non-hydrogen) atoms. The van der Waals surface area contributed by atoms with Gasteiger partial charge in [0.25, 0.3) is 0 Å². The van der Waals surface area contributed by atoms with Crippen molar-refractivity contribution in [2.24, 2.45) is 0 Å². The molecule has 2 fully saturated rings. The molecule has 0 spiro atoms. The van der Waals surface area contributed by atoms with Gasteiger partial charge in [0, 0.05) is 30.1 Å². The number of nitrogens with zero attached hydrogens (tertiary/aromatic N) is 2. The molecule has 2 aromatic heterocycles. The predicted molar refractivity (Wildman–Crippen MR) is 103 cm³/mol. The average Bonchev–Trinajstić information content (AvgIpc) is 3.37. The summed E-state index contributed by atoms with van der Waals surface area (Å²) in [6.07, 6.45) is 5.84. The molecule has 0 amide bonds. The third-order valence-corrected chi connectivity index (χ3v) is 8.08. The van der Waals surface area contributed by atoms with Gasteiger partial charge in [0.1, 0.15) is 0 Å². The highest BCUT2D eigenvalue weighted by Crippen LogP contribution is 2.33. The van der Waals surface area contributed by atoms with Gasteiger partial charge in [0.05, 0.1) is 22.1 Å². The Balaban J connectivity index is 1.36. The first-order valence-electron chi connectivity index (χ1n) is 9.39. The van der Waals surface area contributed by atoms with E-state index in [-0.39, 0.29) is 6.04 Å². The van der Waals surface area contributed by atoms with Crippen LogP contribution in [0.2, 0.25) is 0 Å². The van der Waals surface area contributed by atoms with Crippen molar-refractivity contribution in [2.45, 2.75) is 49.6 Å². The summed E-state index contributed by atoms with van der Waals surface area (Å²) in [7, 11) is -3.55. The zero-order chi connectivity index (χ0) is 18.9. The summed E-state index contributed by atoms with van der Waals surface area (Å²) >= 11 is 1.40. The molecule has 1 atom stereocenters. The quantitative estimate of drug-likeness (QED) is 0.787. The van der Waals surface area contributed by atoms with Gasteiger partial charge < -0.3 is 14.2 Å². The molecular weight excluding hydrogens is 386 g/mol. The number of nitrogens with one attached hydrogen (secondary N) is 1. The third kappa shape index (κ3) is 4.43. The van der Waals surface area contributed by atoms with E-state index in [9.17, 15) is 8.42 Å². The Morgan fingerprint density at radius 2 is 2.15 bits per heavy atom. The van der Waals surface area contributed by atoms with Crippen LogP contribution in [0.25, 0.3) is 10.6 Å². The summed E-state index contributed by atoms with van der Waals surface area (Å²) in [5.41, 5.74) is 0.